The molecule has 0 fully saturated rings. The number of aromatic nitrogens is 1. The minimum Gasteiger partial charge on any atom is -0.507 e. The summed E-state index contributed by atoms with van der Waals surface area (Å²) in [6, 6.07) is 15.7. The third-order valence-electron chi connectivity index (χ3n) is 3.43. The molecule has 0 aliphatic carbocycles. The number of halogens is 1. The third-order valence-corrected chi connectivity index (χ3v) is 4.10. The van der Waals surface area contributed by atoms with Crippen LogP contribution in [-0.4, -0.2) is 17.1 Å². The lowest BCUT2D eigenvalue weighted by atomic mass is 10.1. The van der Waals surface area contributed by atoms with Gasteiger partial charge >= 0.3 is 0 Å². The zero-order valence-electron chi connectivity index (χ0n) is 12.0. The van der Waals surface area contributed by atoms with E-state index in [9.17, 15) is 5.11 Å². The largest absolute Gasteiger partial charge is 0.507 e. The second kappa shape index (κ2) is 6.36. The molecule has 1 heterocycles. The van der Waals surface area contributed by atoms with Crippen molar-refractivity contribution in [1.82, 2.24) is 4.98 Å². The molecule has 22 heavy (non-hydrogen) atoms. The molecule has 0 aliphatic heterocycles. The molecule has 0 spiro atoms. The third kappa shape index (κ3) is 3.22. The minimum absolute atomic E-state index is 0.249. The molecule has 0 saturated carbocycles. The van der Waals surface area contributed by atoms with Gasteiger partial charge in [-0.3, -0.25) is 0 Å². The molecule has 0 radical (unpaired) electrons. The molecule has 0 bridgehead atoms. The molecular weight excluding hydrogens is 387 g/mol. The van der Waals surface area contributed by atoms with Crippen molar-refractivity contribution in [2.75, 3.05) is 12.4 Å². The summed E-state index contributed by atoms with van der Waals surface area (Å²) in [6.45, 7) is 0. The predicted molar refractivity (Wildman–Crippen MR) is 101 cm³/mol. The SMILES string of the molecule is CNc1ccc(C=Cc2ccc3cc(I)ccc3n2)c(O)c1. The molecule has 110 valence electrons. The van der Waals surface area contributed by atoms with E-state index in [1.165, 1.54) is 3.57 Å². The van der Waals surface area contributed by atoms with Gasteiger partial charge < -0.3 is 10.4 Å². The summed E-state index contributed by atoms with van der Waals surface area (Å²) < 4.78 is 1.20. The summed E-state index contributed by atoms with van der Waals surface area (Å²) in [7, 11) is 1.82. The van der Waals surface area contributed by atoms with E-state index in [2.05, 4.69) is 45.0 Å². The highest BCUT2D eigenvalue weighted by molar-refractivity contribution is 14.1. The van der Waals surface area contributed by atoms with E-state index < -0.39 is 0 Å². The van der Waals surface area contributed by atoms with Crippen LogP contribution in [0, 0.1) is 3.57 Å². The van der Waals surface area contributed by atoms with Gasteiger partial charge in [0, 0.05) is 33.3 Å². The number of phenolic OH excluding ortho intramolecular Hbond substituents is 1. The molecule has 0 amide bonds. The lowest BCUT2D eigenvalue weighted by Crippen LogP contribution is -1.87. The van der Waals surface area contributed by atoms with Crippen LogP contribution < -0.4 is 5.32 Å². The van der Waals surface area contributed by atoms with Crippen molar-refractivity contribution in [3.8, 4) is 5.75 Å². The number of hydrogen-bond acceptors (Lipinski definition) is 3. The van der Waals surface area contributed by atoms with Gasteiger partial charge in [0.25, 0.3) is 0 Å². The Balaban J connectivity index is 1.90. The van der Waals surface area contributed by atoms with Crippen molar-refractivity contribution in [3.63, 3.8) is 0 Å². The van der Waals surface area contributed by atoms with Gasteiger partial charge in [0.1, 0.15) is 5.75 Å². The zero-order valence-corrected chi connectivity index (χ0v) is 14.2. The zero-order chi connectivity index (χ0) is 15.5. The first-order valence-corrected chi connectivity index (χ1v) is 7.99. The van der Waals surface area contributed by atoms with E-state index in [1.807, 2.05) is 49.5 Å². The Morgan fingerprint density at radius 3 is 2.68 bits per heavy atom. The number of nitrogens with one attached hydrogen (secondary N) is 1. The number of anilines is 1. The predicted octanol–water partition coefficient (Wildman–Crippen LogP) is 4.76. The first-order chi connectivity index (χ1) is 10.7. The van der Waals surface area contributed by atoms with E-state index >= 15 is 0 Å². The Hall–Kier alpha value is -2.08. The van der Waals surface area contributed by atoms with Crippen molar-refractivity contribution in [2.24, 2.45) is 0 Å². The van der Waals surface area contributed by atoms with Gasteiger partial charge in [-0.25, -0.2) is 4.98 Å². The van der Waals surface area contributed by atoms with Gasteiger partial charge in [0.15, 0.2) is 0 Å². The molecule has 2 aromatic carbocycles. The highest BCUT2D eigenvalue weighted by atomic mass is 127. The first kappa shape index (κ1) is 14.8. The van der Waals surface area contributed by atoms with E-state index in [0.717, 1.165) is 27.8 Å². The second-order valence-electron chi connectivity index (χ2n) is 4.93. The topological polar surface area (TPSA) is 45.2 Å². The van der Waals surface area contributed by atoms with Gasteiger partial charge in [-0.1, -0.05) is 6.07 Å². The number of fused-ring (bicyclic) bond motifs is 1. The summed E-state index contributed by atoms with van der Waals surface area (Å²) in [4.78, 5) is 4.61. The summed E-state index contributed by atoms with van der Waals surface area (Å²) in [5.41, 5.74) is 3.49. The molecule has 4 heteroatoms. The lowest BCUT2D eigenvalue weighted by molar-refractivity contribution is 0.474. The highest BCUT2D eigenvalue weighted by Crippen LogP contribution is 2.24. The normalized spacial score (nSPS) is 11.2. The van der Waals surface area contributed by atoms with Crippen LogP contribution in [0.2, 0.25) is 0 Å². The van der Waals surface area contributed by atoms with E-state index in [-0.39, 0.29) is 5.75 Å². The molecule has 1 aromatic heterocycles. The lowest BCUT2D eigenvalue weighted by Gasteiger charge is -2.04. The van der Waals surface area contributed by atoms with Crippen LogP contribution in [0.25, 0.3) is 23.1 Å². The fourth-order valence-electron chi connectivity index (χ4n) is 2.22. The number of rotatable bonds is 3. The van der Waals surface area contributed by atoms with Gasteiger partial charge in [-0.15, -0.1) is 0 Å². The molecule has 0 atom stereocenters. The fraction of sp³-hybridized carbons (Fsp3) is 0.0556. The Labute approximate surface area is 142 Å². The number of nitrogens with zero attached hydrogens (tertiary/aromatic N) is 1. The van der Waals surface area contributed by atoms with Crippen LogP contribution in [0.5, 0.6) is 5.75 Å². The number of hydrogen-bond donors (Lipinski definition) is 2. The maximum Gasteiger partial charge on any atom is 0.124 e. The molecule has 3 aromatic rings. The second-order valence-corrected chi connectivity index (χ2v) is 6.18. The van der Waals surface area contributed by atoms with E-state index in [1.54, 1.807) is 6.07 Å². The van der Waals surface area contributed by atoms with Gasteiger partial charge in [-0.2, -0.15) is 0 Å². The van der Waals surface area contributed by atoms with Crippen molar-refractivity contribution in [3.05, 3.63) is 63.4 Å². The summed E-state index contributed by atoms with van der Waals surface area (Å²) >= 11 is 2.30. The summed E-state index contributed by atoms with van der Waals surface area (Å²) in [6.07, 6.45) is 3.78. The van der Waals surface area contributed by atoms with Gasteiger partial charge in [0.2, 0.25) is 0 Å². The number of aromatic hydroxyl groups is 1. The standard InChI is InChI=1S/C18H15IN2O/c1-20-16-8-3-12(18(22)11-16)2-6-15-7-4-13-10-14(19)5-9-17(13)21-15/h2-11,20,22H,1H3. The molecule has 3 rings (SSSR count). The van der Waals surface area contributed by atoms with Crippen LogP contribution >= 0.6 is 22.6 Å². The maximum atomic E-state index is 9.99. The Kier molecular flexibility index (Phi) is 4.29. The van der Waals surface area contributed by atoms with Crippen molar-refractivity contribution in [2.45, 2.75) is 0 Å². The monoisotopic (exact) mass is 402 g/mol. The molecule has 0 unspecified atom stereocenters. The average Bonchev–Trinajstić information content (AvgIpc) is 2.53. The molecule has 3 nitrogen and oxygen atoms in total. The van der Waals surface area contributed by atoms with Crippen LogP contribution in [-0.2, 0) is 0 Å². The smallest absolute Gasteiger partial charge is 0.124 e. The quantitative estimate of drug-likeness (QED) is 0.622. The summed E-state index contributed by atoms with van der Waals surface area (Å²) in [5, 5.41) is 14.1. The van der Waals surface area contributed by atoms with Crippen LogP contribution in [0.4, 0.5) is 5.69 Å². The van der Waals surface area contributed by atoms with Crippen molar-refractivity contribution in [1.29, 1.82) is 0 Å². The fourth-order valence-corrected chi connectivity index (χ4v) is 2.74. The molecular formula is C18H15IN2O. The number of benzene rings is 2. The molecule has 2 N–H and O–H groups in total. The highest BCUT2D eigenvalue weighted by Gasteiger charge is 2.00. The molecule has 0 saturated heterocycles. The van der Waals surface area contributed by atoms with E-state index in [4.69, 9.17) is 0 Å². The number of pyridine rings is 1. The minimum atomic E-state index is 0.249. The number of phenols is 1. The first-order valence-electron chi connectivity index (χ1n) is 6.91. The van der Waals surface area contributed by atoms with Crippen LogP contribution in [0.1, 0.15) is 11.3 Å². The van der Waals surface area contributed by atoms with Crippen molar-refractivity contribution >= 4 is 51.3 Å². The Morgan fingerprint density at radius 2 is 1.91 bits per heavy atom. The van der Waals surface area contributed by atoms with Crippen molar-refractivity contribution < 1.29 is 5.11 Å². The average molecular weight is 402 g/mol. The van der Waals surface area contributed by atoms with E-state index in [0.29, 0.717) is 0 Å². The van der Waals surface area contributed by atoms with Crippen LogP contribution in [0.3, 0.4) is 0 Å². The van der Waals surface area contributed by atoms with Gasteiger partial charge in [-0.05, 0) is 71.1 Å². The summed E-state index contributed by atoms with van der Waals surface area (Å²) in [5.74, 6) is 0.249. The maximum absolute atomic E-state index is 9.99. The van der Waals surface area contributed by atoms with Crippen LogP contribution in [0.15, 0.2) is 48.5 Å². The Bertz CT molecular complexity index is 859. The van der Waals surface area contributed by atoms with Gasteiger partial charge in [0.05, 0.1) is 11.2 Å². The Morgan fingerprint density at radius 1 is 1.05 bits per heavy atom. The molecule has 0 aliphatic rings.